The van der Waals surface area contributed by atoms with Crippen molar-refractivity contribution < 1.29 is 29.0 Å². The molecule has 0 spiro atoms. The third-order valence-electron chi connectivity index (χ3n) is 4.53. The third kappa shape index (κ3) is 5.98. The Balaban J connectivity index is 1.46. The first-order valence-corrected chi connectivity index (χ1v) is 12.8. The Hall–Kier alpha value is -2.11. The van der Waals surface area contributed by atoms with Crippen LogP contribution in [-0.4, -0.2) is 68.4 Å². The minimum atomic E-state index is -1.25. The summed E-state index contributed by atoms with van der Waals surface area (Å²) in [6.07, 6.45) is 0. The summed E-state index contributed by atoms with van der Waals surface area (Å²) in [6, 6.07) is 9.30. The molecule has 1 unspecified atom stereocenters. The van der Waals surface area contributed by atoms with Gasteiger partial charge in [-0.2, -0.15) is 0 Å². The maximum atomic E-state index is 12.5. The highest BCUT2D eigenvalue weighted by atomic mass is 32.2. The molecule has 3 rings (SSSR count). The van der Waals surface area contributed by atoms with Crippen LogP contribution in [0.15, 0.2) is 41.6 Å². The smallest absolute Gasteiger partial charge is 0.352 e. The first kappa shape index (κ1) is 23.6. The number of carboxylic acid groups (broad SMARTS) is 1. The van der Waals surface area contributed by atoms with Crippen LogP contribution in [-0.2, 0) is 29.7 Å². The molecule has 2 atom stereocenters. The van der Waals surface area contributed by atoms with Gasteiger partial charge in [0.15, 0.2) is 0 Å². The van der Waals surface area contributed by atoms with E-state index >= 15 is 0 Å². The largest absolute Gasteiger partial charge is 0.477 e. The van der Waals surface area contributed by atoms with Gasteiger partial charge in [-0.3, -0.25) is 19.3 Å². The molecular formula is C20H22N2O6S3. The number of nitrogens with one attached hydrogen (secondary N) is 1. The van der Waals surface area contributed by atoms with E-state index < -0.39 is 29.3 Å². The van der Waals surface area contributed by atoms with Crippen molar-refractivity contribution in [2.45, 2.75) is 24.1 Å². The second kappa shape index (κ2) is 11.0. The summed E-state index contributed by atoms with van der Waals surface area (Å²) < 4.78 is 4.90. The molecule has 31 heavy (non-hydrogen) atoms. The van der Waals surface area contributed by atoms with Gasteiger partial charge < -0.3 is 15.2 Å². The zero-order valence-corrected chi connectivity index (χ0v) is 19.2. The summed E-state index contributed by atoms with van der Waals surface area (Å²) >= 11 is 4.53. The number of thioether (sulfide) groups is 3. The summed E-state index contributed by atoms with van der Waals surface area (Å²) in [6.45, 7) is 1.06. The number of benzene rings is 1. The molecule has 1 aromatic carbocycles. The zero-order valence-electron chi connectivity index (χ0n) is 16.7. The number of carboxylic acids is 1. The zero-order chi connectivity index (χ0) is 22.4. The fourth-order valence-corrected chi connectivity index (χ4v) is 6.29. The van der Waals surface area contributed by atoms with Gasteiger partial charge in [-0.15, -0.1) is 35.3 Å². The Bertz CT molecular complexity index is 892. The van der Waals surface area contributed by atoms with E-state index in [1.54, 1.807) is 11.8 Å². The van der Waals surface area contributed by atoms with E-state index in [9.17, 15) is 24.3 Å². The van der Waals surface area contributed by atoms with Crippen molar-refractivity contribution in [3.63, 3.8) is 0 Å². The van der Waals surface area contributed by atoms with Gasteiger partial charge in [0.1, 0.15) is 23.7 Å². The number of carbonyl (C=O) groups is 4. The van der Waals surface area contributed by atoms with Crippen LogP contribution in [0, 0.1) is 0 Å². The van der Waals surface area contributed by atoms with E-state index in [0.717, 1.165) is 10.8 Å². The first-order chi connectivity index (χ1) is 14.9. The second-order valence-electron chi connectivity index (χ2n) is 6.79. The van der Waals surface area contributed by atoms with Crippen molar-refractivity contribution in [3.05, 3.63) is 47.2 Å². The predicted molar refractivity (Wildman–Crippen MR) is 121 cm³/mol. The molecule has 11 heteroatoms. The summed E-state index contributed by atoms with van der Waals surface area (Å²) in [7, 11) is 0. The molecule has 1 fully saturated rings. The molecule has 1 aromatic rings. The summed E-state index contributed by atoms with van der Waals surface area (Å²) in [5.74, 6) is -1.10. The van der Waals surface area contributed by atoms with Crippen molar-refractivity contribution in [1.82, 2.24) is 10.2 Å². The Morgan fingerprint density at radius 1 is 1.26 bits per heavy atom. The third-order valence-corrected chi connectivity index (χ3v) is 8.20. The summed E-state index contributed by atoms with van der Waals surface area (Å²) in [4.78, 5) is 48.7. The monoisotopic (exact) mass is 482 g/mol. The number of β-lactam (4-membered cyclic amide) rings is 1. The predicted octanol–water partition coefficient (Wildman–Crippen LogP) is 1.91. The standard InChI is InChI=1S/C20H22N2O6S3/c1-12(23)28-7-14-9-31-19-16(18(25)22(19)17(14)20(26)27)21-15(24)10-30-11-29-8-13-5-3-2-4-6-13/h2-6,16,19H,7-11H2,1H3,(H,21,24)(H,26,27)/t16-,19?/m0/s1. The SMILES string of the molecule is CC(=O)OCC1=C(C(=O)O)N2C(=O)[C@H](NC(=O)CSCSCc3ccccc3)C2SC1. The molecule has 8 nitrogen and oxygen atoms in total. The molecular weight excluding hydrogens is 460 g/mol. The van der Waals surface area contributed by atoms with Crippen LogP contribution >= 0.6 is 35.3 Å². The van der Waals surface area contributed by atoms with Gasteiger partial charge in [-0.1, -0.05) is 30.3 Å². The topological polar surface area (TPSA) is 113 Å². The number of esters is 1. The van der Waals surface area contributed by atoms with Crippen LogP contribution in [0.2, 0.25) is 0 Å². The van der Waals surface area contributed by atoms with Crippen LogP contribution in [0.4, 0.5) is 0 Å². The molecule has 166 valence electrons. The Morgan fingerprint density at radius 2 is 2.00 bits per heavy atom. The molecule has 2 aliphatic rings. The van der Waals surface area contributed by atoms with Crippen LogP contribution in [0.1, 0.15) is 12.5 Å². The highest BCUT2D eigenvalue weighted by Crippen LogP contribution is 2.40. The number of rotatable bonds is 10. The molecule has 0 radical (unpaired) electrons. The van der Waals surface area contributed by atoms with E-state index in [2.05, 4.69) is 17.4 Å². The number of fused-ring (bicyclic) bond motifs is 1. The number of amides is 2. The maximum Gasteiger partial charge on any atom is 0.352 e. The summed E-state index contributed by atoms with van der Waals surface area (Å²) in [5, 5.41) is 12.5. The molecule has 2 aliphatic heterocycles. The number of hydrogen-bond donors (Lipinski definition) is 2. The molecule has 0 bridgehead atoms. The number of aliphatic carboxylic acids is 1. The lowest BCUT2D eigenvalue weighted by Crippen LogP contribution is -2.70. The maximum absolute atomic E-state index is 12.5. The minimum absolute atomic E-state index is 0.160. The van der Waals surface area contributed by atoms with Gasteiger partial charge in [0.2, 0.25) is 5.91 Å². The van der Waals surface area contributed by atoms with E-state index in [4.69, 9.17) is 4.74 Å². The fraction of sp³-hybridized carbons (Fsp3) is 0.400. The Kier molecular flexibility index (Phi) is 8.33. The molecule has 2 N–H and O–H groups in total. The lowest BCUT2D eigenvalue weighted by molar-refractivity contribution is -0.150. The van der Waals surface area contributed by atoms with Gasteiger partial charge in [-0.25, -0.2) is 4.79 Å². The van der Waals surface area contributed by atoms with Crippen molar-refractivity contribution >= 4 is 59.0 Å². The number of carbonyl (C=O) groups excluding carboxylic acids is 3. The van der Waals surface area contributed by atoms with Gasteiger partial charge in [0.05, 0.1) is 5.75 Å². The van der Waals surface area contributed by atoms with Crippen LogP contribution in [0.25, 0.3) is 0 Å². The van der Waals surface area contributed by atoms with Crippen molar-refractivity contribution in [1.29, 1.82) is 0 Å². The Morgan fingerprint density at radius 3 is 2.68 bits per heavy atom. The van der Waals surface area contributed by atoms with Gasteiger partial charge in [-0.05, 0) is 5.56 Å². The van der Waals surface area contributed by atoms with Gasteiger partial charge in [0, 0.05) is 29.1 Å². The highest BCUT2D eigenvalue weighted by Gasteiger charge is 2.54. The van der Waals surface area contributed by atoms with Crippen LogP contribution < -0.4 is 5.32 Å². The van der Waals surface area contributed by atoms with E-state index in [1.165, 1.54) is 40.9 Å². The lowest BCUT2D eigenvalue weighted by atomic mass is 10.0. The first-order valence-electron chi connectivity index (χ1n) is 9.40. The van der Waals surface area contributed by atoms with Crippen molar-refractivity contribution in [2.24, 2.45) is 0 Å². The summed E-state index contributed by atoms with van der Waals surface area (Å²) in [5.41, 5.74) is 1.43. The molecule has 0 aromatic heterocycles. The quantitative estimate of drug-likeness (QED) is 0.223. The van der Waals surface area contributed by atoms with Gasteiger partial charge in [0.25, 0.3) is 5.91 Å². The van der Waals surface area contributed by atoms with E-state index in [1.807, 2.05) is 18.2 Å². The van der Waals surface area contributed by atoms with Crippen molar-refractivity contribution in [3.8, 4) is 0 Å². The molecule has 1 saturated heterocycles. The molecule has 2 amide bonds. The molecule has 0 saturated carbocycles. The Labute approximate surface area is 192 Å². The number of ether oxygens (including phenoxy) is 1. The highest BCUT2D eigenvalue weighted by molar-refractivity contribution is 8.15. The molecule has 0 aliphatic carbocycles. The van der Waals surface area contributed by atoms with Crippen LogP contribution in [0.3, 0.4) is 0 Å². The average Bonchev–Trinajstić information content (AvgIpc) is 2.75. The minimum Gasteiger partial charge on any atom is -0.477 e. The van der Waals surface area contributed by atoms with E-state index in [0.29, 0.717) is 11.3 Å². The fourth-order valence-electron chi connectivity index (χ4n) is 3.13. The number of nitrogens with zero attached hydrogens (tertiary/aromatic N) is 1. The van der Waals surface area contributed by atoms with Crippen LogP contribution in [0.5, 0.6) is 0 Å². The molecule has 2 heterocycles. The second-order valence-corrected chi connectivity index (χ2v) is 10.2. The lowest BCUT2D eigenvalue weighted by Gasteiger charge is -2.49. The number of hydrogen-bond acceptors (Lipinski definition) is 8. The van der Waals surface area contributed by atoms with E-state index in [-0.39, 0.29) is 24.0 Å². The van der Waals surface area contributed by atoms with Crippen molar-refractivity contribution in [2.75, 3.05) is 23.2 Å². The normalized spacial score (nSPS) is 20.0. The average molecular weight is 483 g/mol. The van der Waals surface area contributed by atoms with Gasteiger partial charge >= 0.3 is 11.9 Å².